The van der Waals surface area contributed by atoms with Crippen LogP contribution < -0.4 is 4.90 Å². The molecule has 0 aliphatic carbocycles. The van der Waals surface area contributed by atoms with Gasteiger partial charge in [0.15, 0.2) is 17.9 Å². The summed E-state index contributed by atoms with van der Waals surface area (Å²) in [7, 11) is 1.81. The molecule has 1 heterocycles. The largest absolute Gasteiger partial charge is 0.438 e. The zero-order chi connectivity index (χ0) is 9.68. The quantitative estimate of drug-likeness (QED) is 0.654. The van der Waals surface area contributed by atoms with Crippen molar-refractivity contribution in [2.75, 3.05) is 18.5 Å². The van der Waals surface area contributed by atoms with Gasteiger partial charge in [0.1, 0.15) is 0 Å². The molecule has 13 heavy (non-hydrogen) atoms. The molecule has 1 aromatic heterocycles. The van der Waals surface area contributed by atoms with Crippen LogP contribution in [0.1, 0.15) is 17.0 Å². The van der Waals surface area contributed by atoms with Gasteiger partial charge in [-0.25, -0.2) is 0 Å². The van der Waals surface area contributed by atoms with Gasteiger partial charge in [-0.05, 0) is 6.07 Å². The average Bonchev–Trinajstić information content (AvgIpc) is 2.62. The minimum absolute atomic E-state index is 0.304. The van der Waals surface area contributed by atoms with Crippen molar-refractivity contribution >= 4 is 12.2 Å². The molecule has 4 nitrogen and oxygen atoms in total. The number of hydrogen-bond acceptors (Lipinski definition) is 4. The van der Waals surface area contributed by atoms with Crippen molar-refractivity contribution in [1.29, 1.82) is 5.26 Å². The molecule has 0 saturated heterocycles. The second-order valence-corrected chi connectivity index (χ2v) is 2.62. The molecule has 0 aliphatic rings. The maximum Gasteiger partial charge on any atom is 0.196 e. The van der Waals surface area contributed by atoms with E-state index in [-0.39, 0.29) is 0 Å². The van der Waals surface area contributed by atoms with Crippen molar-refractivity contribution in [3.63, 3.8) is 0 Å². The van der Waals surface area contributed by atoms with Crippen LogP contribution in [0.5, 0.6) is 0 Å². The van der Waals surface area contributed by atoms with Crippen LogP contribution in [-0.4, -0.2) is 19.9 Å². The monoisotopic (exact) mass is 178 g/mol. The van der Waals surface area contributed by atoms with Crippen LogP contribution in [0, 0.1) is 11.3 Å². The van der Waals surface area contributed by atoms with Crippen molar-refractivity contribution in [2.24, 2.45) is 0 Å². The minimum Gasteiger partial charge on any atom is -0.438 e. The number of anilines is 1. The fourth-order valence-corrected chi connectivity index (χ4v) is 0.939. The van der Waals surface area contributed by atoms with Crippen molar-refractivity contribution in [3.8, 4) is 6.07 Å². The summed E-state index contributed by atoms with van der Waals surface area (Å²) in [6, 6.07) is 5.35. The van der Waals surface area contributed by atoms with Crippen LogP contribution in [0.3, 0.4) is 0 Å². The predicted octanol–water partition coefficient (Wildman–Crippen LogP) is 1.44. The number of furan rings is 1. The molecule has 0 aromatic carbocycles. The Hall–Kier alpha value is -1.76. The Labute approximate surface area is 76.4 Å². The average molecular weight is 178 g/mol. The molecule has 68 valence electrons. The van der Waals surface area contributed by atoms with Gasteiger partial charge < -0.3 is 9.32 Å². The van der Waals surface area contributed by atoms with Crippen molar-refractivity contribution in [3.05, 3.63) is 17.9 Å². The van der Waals surface area contributed by atoms with E-state index in [1.165, 1.54) is 0 Å². The van der Waals surface area contributed by atoms with E-state index in [9.17, 15) is 4.79 Å². The zero-order valence-corrected chi connectivity index (χ0v) is 7.36. The highest BCUT2D eigenvalue weighted by atomic mass is 16.4. The van der Waals surface area contributed by atoms with Crippen molar-refractivity contribution in [1.82, 2.24) is 0 Å². The normalized spacial score (nSPS) is 9.23. The Balaban J connectivity index is 2.61. The zero-order valence-electron chi connectivity index (χ0n) is 7.36. The van der Waals surface area contributed by atoms with E-state index < -0.39 is 0 Å². The van der Waals surface area contributed by atoms with E-state index in [1.54, 1.807) is 17.0 Å². The number of hydrogen-bond donors (Lipinski definition) is 0. The lowest BCUT2D eigenvalue weighted by Gasteiger charge is -2.12. The Morgan fingerprint density at radius 1 is 1.69 bits per heavy atom. The van der Waals surface area contributed by atoms with Gasteiger partial charge >= 0.3 is 0 Å². The van der Waals surface area contributed by atoms with E-state index in [2.05, 4.69) is 0 Å². The maximum absolute atomic E-state index is 10.3. The first kappa shape index (κ1) is 9.33. The molecular formula is C9H10N2O2. The Kier molecular flexibility index (Phi) is 3.09. The summed E-state index contributed by atoms with van der Waals surface area (Å²) in [6.45, 7) is 0.600. The molecule has 0 radical (unpaired) electrons. The topological polar surface area (TPSA) is 57.2 Å². The van der Waals surface area contributed by atoms with Gasteiger partial charge in [0.25, 0.3) is 0 Å². The third kappa shape index (κ3) is 2.34. The van der Waals surface area contributed by atoms with Crippen LogP contribution >= 0.6 is 0 Å². The van der Waals surface area contributed by atoms with Gasteiger partial charge in [0, 0.05) is 19.7 Å². The number of nitrogens with zero attached hydrogens (tertiary/aromatic N) is 2. The smallest absolute Gasteiger partial charge is 0.196 e. The number of carbonyl (C=O) groups is 1. The Morgan fingerprint density at radius 3 is 3.00 bits per heavy atom. The lowest BCUT2D eigenvalue weighted by molar-refractivity contribution is 0.110. The van der Waals surface area contributed by atoms with Gasteiger partial charge in [-0.1, -0.05) is 0 Å². The van der Waals surface area contributed by atoms with Crippen molar-refractivity contribution < 1.29 is 9.21 Å². The third-order valence-electron chi connectivity index (χ3n) is 1.66. The highest BCUT2D eigenvalue weighted by molar-refractivity contribution is 5.71. The molecule has 0 fully saturated rings. The molecule has 0 unspecified atom stereocenters. The molecule has 0 aliphatic heterocycles. The summed E-state index contributed by atoms with van der Waals surface area (Å²) >= 11 is 0. The number of aldehydes is 1. The van der Waals surface area contributed by atoms with E-state index in [1.807, 2.05) is 13.1 Å². The second kappa shape index (κ2) is 4.31. The van der Waals surface area contributed by atoms with Gasteiger partial charge in [0.05, 0.1) is 12.5 Å². The van der Waals surface area contributed by atoms with Crippen LogP contribution in [-0.2, 0) is 0 Å². The molecular weight excluding hydrogens is 168 g/mol. The molecule has 0 bridgehead atoms. The van der Waals surface area contributed by atoms with E-state index in [0.717, 1.165) is 0 Å². The van der Waals surface area contributed by atoms with Gasteiger partial charge in [0.2, 0.25) is 0 Å². The SMILES string of the molecule is CN(CCC#N)c1ccc(C=O)o1. The lowest BCUT2D eigenvalue weighted by atomic mass is 10.4. The van der Waals surface area contributed by atoms with Crippen LogP contribution in [0.15, 0.2) is 16.5 Å². The summed E-state index contributed by atoms with van der Waals surface area (Å²) in [4.78, 5) is 12.1. The number of rotatable bonds is 4. The molecule has 4 heteroatoms. The molecule has 0 N–H and O–H groups in total. The fourth-order valence-electron chi connectivity index (χ4n) is 0.939. The maximum atomic E-state index is 10.3. The van der Waals surface area contributed by atoms with Gasteiger partial charge in [-0.15, -0.1) is 0 Å². The highest BCUT2D eigenvalue weighted by Crippen LogP contribution is 2.15. The summed E-state index contributed by atoms with van der Waals surface area (Å²) in [5, 5.41) is 8.35. The Bertz CT molecular complexity index is 325. The summed E-state index contributed by atoms with van der Waals surface area (Å²) < 4.78 is 5.14. The van der Waals surface area contributed by atoms with Crippen LogP contribution in [0.25, 0.3) is 0 Å². The van der Waals surface area contributed by atoms with Gasteiger partial charge in [-0.2, -0.15) is 5.26 Å². The van der Waals surface area contributed by atoms with E-state index in [0.29, 0.717) is 30.9 Å². The first-order chi connectivity index (χ1) is 6.27. The lowest BCUT2D eigenvalue weighted by Crippen LogP contribution is -2.17. The van der Waals surface area contributed by atoms with Gasteiger partial charge in [-0.3, -0.25) is 4.79 Å². The minimum atomic E-state index is 0.304. The third-order valence-corrected chi connectivity index (χ3v) is 1.66. The number of carbonyl (C=O) groups excluding carboxylic acids is 1. The fraction of sp³-hybridized carbons (Fsp3) is 0.333. The standard InChI is InChI=1S/C9H10N2O2/c1-11(6-2-5-10)9-4-3-8(7-12)13-9/h3-4,7H,2,6H2,1H3. The summed E-state index contributed by atoms with van der Waals surface area (Å²) in [5.74, 6) is 0.913. The number of nitriles is 1. The summed E-state index contributed by atoms with van der Waals surface area (Å²) in [6.07, 6.45) is 1.09. The predicted molar refractivity (Wildman–Crippen MR) is 47.6 cm³/mol. The second-order valence-electron chi connectivity index (χ2n) is 2.62. The Morgan fingerprint density at radius 2 is 2.46 bits per heavy atom. The molecule has 0 atom stereocenters. The van der Waals surface area contributed by atoms with E-state index in [4.69, 9.17) is 9.68 Å². The first-order valence-electron chi connectivity index (χ1n) is 3.91. The molecule has 0 saturated carbocycles. The molecule has 0 amide bonds. The summed E-state index contributed by atoms with van der Waals surface area (Å²) in [5.41, 5.74) is 0. The molecule has 1 rings (SSSR count). The first-order valence-corrected chi connectivity index (χ1v) is 3.91. The van der Waals surface area contributed by atoms with E-state index >= 15 is 0 Å². The molecule has 1 aromatic rings. The molecule has 0 spiro atoms. The highest BCUT2D eigenvalue weighted by Gasteiger charge is 2.05. The van der Waals surface area contributed by atoms with Crippen LogP contribution in [0.2, 0.25) is 0 Å². The van der Waals surface area contributed by atoms with Crippen LogP contribution in [0.4, 0.5) is 5.88 Å². The van der Waals surface area contributed by atoms with Crippen molar-refractivity contribution in [2.45, 2.75) is 6.42 Å².